The quantitative estimate of drug-likeness (QED) is 0.508. The summed E-state index contributed by atoms with van der Waals surface area (Å²) in [7, 11) is 0. The van der Waals surface area contributed by atoms with Crippen LogP contribution in [0.4, 0.5) is 11.4 Å². The fourth-order valence-corrected chi connectivity index (χ4v) is 6.40. The number of carbonyl (C=O) groups excluding carboxylic acids is 3. The van der Waals surface area contributed by atoms with Gasteiger partial charge < -0.3 is 15.4 Å². The van der Waals surface area contributed by atoms with E-state index in [4.69, 9.17) is 4.74 Å². The molecule has 1 heterocycles. The lowest BCUT2D eigenvalue weighted by Crippen LogP contribution is -2.40. The number of amides is 2. The molecule has 0 radical (unpaired) electrons. The average Bonchev–Trinajstić information content (AvgIpc) is 3.35. The zero-order valence-corrected chi connectivity index (χ0v) is 18.8. The maximum absolute atomic E-state index is 13.2. The van der Waals surface area contributed by atoms with Crippen molar-refractivity contribution in [3.05, 3.63) is 59.2 Å². The molecule has 2 aromatic carbocycles. The number of ether oxygens (including phenoxy) is 1. The maximum atomic E-state index is 13.2. The predicted octanol–water partition coefficient (Wildman–Crippen LogP) is 4.07. The topological polar surface area (TPSA) is 84.5 Å². The van der Waals surface area contributed by atoms with Crippen LogP contribution in [0, 0.1) is 37.5 Å². The summed E-state index contributed by atoms with van der Waals surface area (Å²) >= 11 is 3.63. The van der Waals surface area contributed by atoms with E-state index in [1.54, 1.807) is 24.3 Å². The molecule has 1 aliphatic heterocycles. The Bertz CT molecular complexity index is 1100. The molecule has 3 aliphatic rings. The first-order valence-corrected chi connectivity index (χ1v) is 11.4. The van der Waals surface area contributed by atoms with Crippen LogP contribution in [0.5, 0.6) is 0 Å². The molecular weight excluding hydrogens is 460 g/mol. The monoisotopic (exact) mass is 482 g/mol. The minimum Gasteiger partial charge on any atom is -0.461 e. The fourth-order valence-electron chi connectivity index (χ4n) is 5.35. The van der Waals surface area contributed by atoms with Crippen LogP contribution >= 0.6 is 15.9 Å². The van der Waals surface area contributed by atoms with Crippen LogP contribution in [-0.2, 0) is 14.3 Å². The van der Waals surface area contributed by atoms with Gasteiger partial charge in [-0.1, -0.05) is 34.1 Å². The van der Waals surface area contributed by atoms with Gasteiger partial charge in [0.2, 0.25) is 5.91 Å². The molecule has 5 rings (SSSR count). The van der Waals surface area contributed by atoms with Gasteiger partial charge >= 0.3 is 5.97 Å². The van der Waals surface area contributed by atoms with Gasteiger partial charge in [-0.25, -0.2) is 0 Å². The lowest BCUT2D eigenvalue weighted by atomic mass is 9.79. The van der Waals surface area contributed by atoms with Gasteiger partial charge in [0.25, 0.3) is 5.91 Å². The summed E-state index contributed by atoms with van der Waals surface area (Å²) in [6.45, 7) is 4.01. The first kappa shape index (κ1) is 20.2. The predicted molar refractivity (Wildman–Crippen MR) is 120 cm³/mol. The van der Waals surface area contributed by atoms with Crippen LogP contribution in [0.25, 0.3) is 0 Å². The number of benzene rings is 2. The second-order valence-electron chi connectivity index (χ2n) is 8.75. The van der Waals surface area contributed by atoms with Gasteiger partial charge in [0.15, 0.2) is 0 Å². The molecule has 2 N–H and O–H groups in total. The van der Waals surface area contributed by atoms with Gasteiger partial charge in [-0.2, -0.15) is 0 Å². The van der Waals surface area contributed by atoms with Crippen LogP contribution in [0.15, 0.2) is 42.5 Å². The summed E-state index contributed by atoms with van der Waals surface area (Å²) in [6.07, 6.45) is 0.687. The Morgan fingerprint density at radius 3 is 2.58 bits per heavy atom. The smallest absolute Gasteiger partial charge is 0.310 e. The summed E-state index contributed by atoms with van der Waals surface area (Å²) in [6, 6.07) is 12.7. The van der Waals surface area contributed by atoms with Crippen molar-refractivity contribution >= 4 is 45.1 Å². The van der Waals surface area contributed by atoms with Crippen molar-refractivity contribution in [1.29, 1.82) is 0 Å². The molecule has 2 amide bonds. The van der Waals surface area contributed by atoms with E-state index in [1.165, 1.54) is 0 Å². The third-order valence-electron chi connectivity index (χ3n) is 7.02. The second kappa shape index (κ2) is 7.48. The molecule has 0 aromatic heterocycles. The van der Waals surface area contributed by atoms with E-state index in [2.05, 4.69) is 26.6 Å². The highest BCUT2D eigenvalue weighted by molar-refractivity contribution is 9.09. The van der Waals surface area contributed by atoms with Crippen molar-refractivity contribution < 1.29 is 19.1 Å². The molecule has 7 heteroatoms. The maximum Gasteiger partial charge on any atom is 0.310 e. The molecule has 3 fully saturated rings. The van der Waals surface area contributed by atoms with Gasteiger partial charge in [-0.15, -0.1) is 0 Å². The molecule has 160 valence electrons. The van der Waals surface area contributed by atoms with Crippen LogP contribution in [0.1, 0.15) is 27.9 Å². The molecule has 2 bridgehead atoms. The lowest BCUT2D eigenvalue weighted by Gasteiger charge is -2.27. The Balaban J connectivity index is 1.36. The van der Waals surface area contributed by atoms with E-state index >= 15 is 0 Å². The standard InChI is InChI=1S/C24H23BrN2O4/c1-11-7-8-13(9-12(11)2)26-22(28)14-5-3-4-6-17(14)27-23(29)18-15-10-16-19(18)24(30)31-21(16)20(15)25/h3-9,15-16,18-21H,10H2,1-2H3,(H,26,28)(H,27,29)/t15-,16-,18-,19+,20+,21+/m1/s1. The third-order valence-corrected chi connectivity index (χ3v) is 8.22. The molecule has 31 heavy (non-hydrogen) atoms. The van der Waals surface area contributed by atoms with E-state index in [1.807, 2.05) is 32.0 Å². The summed E-state index contributed by atoms with van der Waals surface area (Å²) in [4.78, 5) is 38.5. The van der Waals surface area contributed by atoms with E-state index in [0.29, 0.717) is 16.9 Å². The van der Waals surface area contributed by atoms with Crippen molar-refractivity contribution in [1.82, 2.24) is 0 Å². The number of fused-ring (bicyclic) bond motifs is 1. The number of alkyl halides is 1. The summed E-state index contributed by atoms with van der Waals surface area (Å²) in [5.74, 6) is -1.49. The number of hydrogen-bond donors (Lipinski definition) is 2. The van der Waals surface area contributed by atoms with Crippen molar-refractivity contribution in [2.24, 2.45) is 23.7 Å². The van der Waals surface area contributed by atoms with Crippen LogP contribution < -0.4 is 10.6 Å². The van der Waals surface area contributed by atoms with Crippen LogP contribution in [-0.4, -0.2) is 28.7 Å². The Kier molecular flexibility index (Phi) is 4.88. The lowest BCUT2D eigenvalue weighted by molar-refractivity contribution is -0.145. The molecule has 6 nitrogen and oxygen atoms in total. The molecule has 2 saturated carbocycles. The van der Waals surface area contributed by atoms with E-state index < -0.39 is 5.92 Å². The van der Waals surface area contributed by atoms with Gasteiger partial charge in [0.05, 0.1) is 27.9 Å². The van der Waals surface area contributed by atoms with Gasteiger partial charge in [-0.05, 0) is 61.6 Å². The Morgan fingerprint density at radius 1 is 1.03 bits per heavy atom. The number of esters is 1. The van der Waals surface area contributed by atoms with Crippen molar-refractivity contribution in [3.63, 3.8) is 0 Å². The average molecular weight is 483 g/mol. The molecule has 1 saturated heterocycles. The number of halogens is 1. The zero-order chi connectivity index (χ0) is 21.9. The second-order valence-corrected chi connectivity index (χ2v) is 9.81. The van der Waals surface area contributed by atoms with Gasteiger partial charge in [-0.3, -0.25) is 14.4 Å². The number of anilines is 2. The van der Waals surface area contributed by atoms with Gasteiger partial charge in [0.1, 0.15) is 6.10 Å². The highest BCUT2D eigenvalue weighted by Gasteiger charge is 2.67. The zero-order valence-electron chi connectivity index (χ0n) is 17.2. The largest absolute Gasteiger partial charge is 0.461 e. The number of carbonyl (C=O) groups is 3. The summed E-state index contributed by atoms with van der Waals surface area (Å²) in [5, 5.41) is 5.83. The van der Waals surface area contributed by atoms with Crippen molar-refractivity contribution in [2.75, 3.05) is 10.6 Å². The molecule has 0 unspecified atom stereocenters. The first-order chi connectivity index (χ1) is 14.8. The fraction of sp³-hybridized carbons (Fsp3) is 0.375. The minimum atomic E-state index is -0.448. The number of rotatable bonds is 4. The Morgan fingerprint density at radius 2 is 1.81 bits per heavy atom. The summed E-state index contributed by atoms with van der Waals surface area (Å²) in [5.41, 5.74) is 3.74. The normalized spacial score (nSPS) is 30.2. The molecular formula is C24H23BrN2O4. The summed E-state index contributed by atoms with van der Waals surface area (Å²) < 4.78 is 5.50. The third kappa shape index (κ3) is 3.26. The number of nitrogens with one attached hydrogen (secondary N) is 2. The highest BCUT2D eigenvalue weighted by Crippen LogP contribution is 2.60. The van der Waals surface area contributed by atoms with E-state index in [0.717, 1.165) is 17.5 Å². The number of para-hydroxylation sites is 1. The van der Waals surface area contributed by atoms with E-state index in [-0.39, 0.29) is 46.5 Å². The van der Waals surface area contributed by atoms with Crippen molar-refractivity contribution in [2.45, 2.75) is 31.2 Å². The molecule has 2 aromatic rings. The van der Waals surface area contributed by atoms with Crippen LogP contribution in [0.3, 0.4) is 0 Å². The molecule has 0 spiro atoms. The van der Waals surface area contributed by atoms with Gasteiger partial charge in [0, 0.05) is 11.6 Å². The number of hydrogen-bond acceptors (Lipinski definition) is 4. The van der Waals surface area contributed by atoms with E-state index in [9.17, 15) is 14.4 Å². The Labute approximate surface area is 188 Å². The molecule has 6 atom stereocenters. The highest BCUT2D eigenvalue weighted by atomic mass is 79.9. The molecule has 2 aliphatic carbocycles. The Hall–Kier alpha value is -2.67. The van der Waals surface area contributed by atoms with Crippen LogP contribution in [0.2, 0.25) is 0 Å². The SMILES string of the molecule is Cc1ccc(NC(=O)c2ccccc2NC(=O)[C@@H]2[C@H]3C[C@H]4[C@H](OC(=O)[C@@H]42)[C@H]3Br)cc1C. The number of aryl methyl sites for hydroxylation is 2. The van der Waals surface area contributed by atoms with Crippen molar-refractivity contribution in [3.8, 4) is 0 Å². The minimum absolute atomic E-state index is 0.000677. The first-order valence-electron chi connectivity index (χ1n) is 10.5.